The first kappa shape index (κ1) is 14.2. The molecule has 5 nitrogen and oxygen atoms in total. The van der Waals surface area contributed by atoms with Crippen LogP contribution in [0.2, 0.25) is 0 Å². The molecule has 0 amide bonds. The maximum absolute atomic E-state index is 9.84. The van der Waals surface area contributed by atoms with Gasteiger partial charge in [-0.05, 0) is 43.7 Å². The molecule has 0 spiro atoms. The lowest BCUT2D eigenvalue weighted by molar-refractivity contribution is 0.209. The molecule has 3 heterocycles. The Morgan fingerprint density at radius 1 is 1.26 bits per heavy atom. The molecule has 0 radical (unpaired) electrons. The van der Waals surface area contributed by atoms with Crippen molar-refractivity contribution in [3.05, 3.63) is 42.6 Å². The van der Waals surface area contributed by atoms with Crippen molar-refractivity contribution in [1.29, 1.82) is 0 Å². The topological polar surface area (TPSA) is 54.2 Å². The SMILES string of the molecule is CCN1CCCC1n1c(-c2cccc(O)c2)nc2cccnc21. The number of imidazole rings is 1. The van der Waals surface area contributed by atoms with Crippen LogP contribution in [0.5, 0.6) is 5.75 Å². The van der Waals surface area contributed by atoms with Crippen molar-refractivity contribution in [3.63, 3.8) is 0 Å². The minimum Gasteiger partial charge on any atom is -0.508 e. The van der Waals surface area contributed by atoms with Crippen molar-refractivity contribution in [2.75, 3.05) is 13.1 Å². The van der Waals surface area contributed by atoms with E-state index in [1.54, 1.807) is 12.1 Å². The molecule has 1 aliphatic rings. The van der Waals surface area contributed by atoms with Gasteiger partial charge in [0.25, 0.3) is 0 Å². The third-order valence-electron chi connectivity index (χ3n) is 4.59. The molecular weight excluding hydrogens is 288 g/mol. The fourth-order valence-electron chi connectivity index (χ4n) is 3.53. The lowest BCUT2D eigenvalue weighted by Crippen LogP contribution is -2.27. The lowest BCUT2D eigenvalue weighted by Gasteiger charge is -2.26. The molecule has 5 heteroatoms. The predicted octanol–water partition coefficient (Wildman–Crippen LogP) is 3.42. The fraction of sp³-hybridized carbons (Fsp3) is 0.333. The summed E-state index contributed by atoms with van der Waals surface area (Å²) in [7, 11) is 0. The van der Waals surface area contributed by atoms with Gasteiger partial charge in [-0.1, -0.05) is 19.1 Å². The number of hydrogen-bond acceptors (Lipinski definition) is 4. The fourth-order valence-corrected chi connectivity index (χ4v) is 3.53. The number of hydrogen-bond donors (Lipinski definition) is 1. The van der Waals surface area contributed by atoms with Gasteiger partial charge >= 0.3 is 0 Å². The highest BCUT2D eigenvalue weighted by Crippen LogP contribution is 2.35. The molecule has 2 aromatic heterocycles. The van der Waals surface area contributed by atoms with Gasteiger partial charge in [0.05, 0.1) is 6.17 Å². The normalized spacial score (nSPS) is 18.7. The number of likely N-dealkylation sites (tertiary alicyclic amines) is 1. The van der Waals surface area contributed by atoms with Crippen LogP contribution in [0.4, 0.5) is 0 Å². The Kier molecular flexibility index (Phi) is 3.50. The summed E-state index contributed by atoms with van der Waals surface area (Å²) in [5.74, 6) is 1.13. The van der Waals surface area contributed by atoms with E-state index in [0.717, 1.165) is 42.1 Å². The number of pyridine rings is 1. The second-order valence-corrected chi connectivity index (χ2v) is 5.95. The molecular formula is C18H20N4O. The summed E-state index contributed by atoms with van der Waals surface area (Å²) in [6.45, 7) is 4.31. The average Bonchev–Trinajstić information content (AvgIpc) is 3.18. The van der Waals surface area contributed by atoms with Gasteiger partial charge in [-0.2, -0.15) is 0 Å². The quantitative estimate of drug-likeness (QED) is 0.805. The van der Waals surface area contributed by atoms with Crippen LogP contribution < -0.4 is 0 Å². The number of phenols is 1. The molecule has 0 bridgehead atoms. The third kappa shape index (κ3) is 2.37. The second kappa shape index (κ2) is 5.66. The highest BCUT2D eigenvalue weighted by atomic mass is 16.3. The number of benzene rings is 1. The van der Waals surface area contributed by atoms with Crippen molar-refractivity contribution in [1.82, 2.24) is 19.4 Å². The van der Waals surface area contributed by atoms with Crippen LogP contribution >= 0.6 is 0 Å². The largest absolute Gasteiger partial charge is 0.508 e. The molecule has 0 saturated carbocycles. The van der Waals surface area contributed by atoms with Gasteiger partial charge < -0.3 is 5.11 Å². The van der Waals surface area contributed by atoms with Gasteiger partial charge in [0.1, 0.15) is 17.1 Å². The van der Waals surface area contributed by atoms with E-state index < -0.39 is 0 Å². The van der Waals surface area contributed by atoms with Crippen LogP contribution in [-0.4, -0.2) is 37.6 Å². The van der Waals surface area contributed by atoms with Crippen LogP contribution in [0, 0.1) is 0 Å². The summed E-state index contributed by atoms with van der Waals surface area (Å²) in [6, 6.07) is 11.2. The Hall–Kier alpha value is -2.40. The first-order valence-electron chi connectivity index (χ1n) is 8.14. The smallest absolute Gasteiger partial charge is 0.161 e. The summed E-state index contributed by atoms with van der Waals surface area (Å²) in [4.78, 5) is 11.8. The van der Waals surface area contributed by atoms with Crippen molar-refractivity contribution in [2.45, 2.75) is 25.9 Å². The van der Waals surface area contributed by atoms with Gasteiger partial charge in [-0.15, -0.1) is 0 Å². The number of aromatic hydroxyl groups is 1. The van der Waals surface area contributed by atoms with E-state index in [9.17, 15) is 5.11 Å². The zero-order chi connectivity index (χ0) is 15.8. The summed E-state index contributed by atoms with van der Waals surface area (Å²) in [6.07, 6.45) is 4.38. The number of fused-ring (bicyclic) bond motifs is 1. The maximum Gasteiger partial charge on any atom is 0.161 e. The monoisotopic (exact) mass is 308 g/mol. The summed E-state index contributed by atoms with van der Waals surface area (Å²) in [5, 5.41) is 9.84. The molecule has 1 aliphatic heterocycles. The summed E-state index contributed by atoms with van der Waals surface area (Å²) < 4.78 is 2.24. The Morgan fingerprint density at radius 2 is 2.17 bits per heavy atom. The Labute approximate surface area is 135 Å². The maximum atomic E-state index is 9.84. The average molecular weight is 308 g/mol. The van der Waals surface area contributed by atoms with Crippen LogP contribution in [0.15, 0.2) is 42.6 Å². The van der Waals surface area contributed by atoms with Gasteiger partial charge in [0.2, 0.25) is 0 Å². The van der Waals surface area contributed by atoms with Crippen molar-refractivity contribution >= 4 is 11.2 Å². The lowest BCUT2D eigenvalue weighted by atomic mass is 10.2. The van der Waals surface area contributed by atoms with E-state index in [1.165, 1.54) is 6.42 Å². The number of nitrogens with zero attached hydrogens (tertiary/aromatic N) is 4. The highest BCUT2D eigenvalue weighted by molar-refractivity contribution is 5.77. The summed E-state index contributed by atoms with van der Waals surface area (Å²) in [5.41, 5.74) is 2.73. The van der Waals surface area contributed by atoms with Crippen LogP contribution in [0.25, 0.3) is 22.6 Å². The van der Waals surface area contributed by atoms with Gasteiger partial charge in [0, 0.05) is 18.3 Å². The van der Waals surface area contributed by atoms with E-state index in [0.29, 0.717) is 0 Å². The zero-order valence-corrected chi connectivity index (χ0v) is 13.2. The molecule has 0 aliphatic carbocycles. The first-order chi connectivity index (χ1) is 11.3. The number of rotatable bonds is 3. The van der Waals surface area contributed by atoms with E-state index in [1.807, 2.05) is 30.5 Å². The van der Waals surface area contributed by atoms with Crippen LogP contribution in [-0.2, 0) is 0 Å². The van der Waals surface area contributed by atoms with Crippen molar-refractivity contribution in [2.24, 2.45) is 0 Å². The molecule has 118 valence electrons. The number of phenolic OH excluding ortho intramolecular Hbond substituents is 1. The Bertz CT molecular complexity index is 842. The molecule has 23 heavy (non-hydrogen) atoms. The first-order valence-corrected chi connectivity index (χ1v) is 8.14. The van der Waals surface area contributed by atoms with Crippen LogP contribution in [0.1, 0.15) is 25.9 Å². The summed E-state index contributed by atoms with van der Waals surface area (Å²) >= 11 is 0. The molecule has 3 aromatic rings. The highest BCUT2D eigenvalue weighted by Gasteiger charge is 2.29. The van der Waals surface area contributed by atoms with Crippen molar-refractivity contribution < 1.29 is 5.11 Å². The van der Waals surface area contributed by atoms with Gasteiger partial charge in [0.15, 0.2) is 5.65 Å². The molecule has 1 saturated heterocycles. The standard InChI is InChI=1S/C18H20N4O/c1-2-21-11-5-9-16(21)22-17(13-6-3-7-14(23)12-13)20-15-8-4-10-19-18(15)22/h3-4,6-8,10,12,16,23H,2,5,9,11H2,1H3. The molecule has 1 atom stereocenters. The van der Waals surface area contributed by atoms with Gasteiger partial charge in [-0.3, -0.25) is 9.47 Å². The molecule has 1 unspecified atom stereocenters. The Morgan fingerprint density at radius 3 is 3.00 bits per heavy atom. The molecule has 1 aromatic carbocycles. The van der Waals surface area contributed by atoms with Crippen LogP contribution in [0.3, 0.4) is 0 Å². The third-order valence-corrected chi connectivity index (χ3v) is 4.59. The van der Waals surface area contributed by atoms with E-state index >= 15 is 0 Å². The van der Waals surface area contributed by atoms with E-state index in [-0.39, 0.29) is 11.9 Å². The van der Waals surface area contributed by atoms with Crippen molar-refractivity contribution in [3.8, 4) is 17.1 Å². The minimum atomic E-state index is 0.257. The molecule has 1 fully saturated rings. The number of aromatic nitrogens is 3. The van der Waals surface area contributed by atoms with E-state index in [4.69, 9.17) is 4.98 Å². The Balaban J connectivity index is 1.95. The van der Waals surface area contributed by atoms with Gasteiger partial charge in [-0.25, -0.2) is 9.97 Å². The minimum absolute atomic E-state index is 0.257. The predicted molar refractivity (Wildman–Crippen MR) is 90.1 cm³/mol. The molecule has 4 rings (SSSR count). The molecule has 1 N–H and O–H groups in total. The zero-order valence-electron chi connectivity index (χ0n) is 13.2. The second-order valence-electron chi connectivity index (χ2n) is 5.95. The van der Waals surface area contributed by atoms with E-state index in [2.05, 4.69) is 21.4 Å².